The van der Waals surface area contributed by atoms with E-state index in [1.165, 1.54) is 6.92 Å². The lowest BCUT2D eigenvalue weighted by molar-refractivity contribution is -0.374. The second-order valence-corrected chi connectivity index (χ2v) is 9.91. The maximum absolute atomic E-state index is 14.8. The third-order valence-electron chi connectivity index (χ3n) is 6.93. The van der Waals surface area contributed by atoms with Crippen LogP contribution < -0.4 is 9.47 Å². The molecule has 18 heteroatoms. The summed E-state index contributed by atoms with van der Waals surface area (Å²) in [6.45, 7) is 1.33. The van der Waals surface area contributed by atoms with Gasteiger partial charge in [-0.3, -0.25) is 0 Å². The first kappa shape index (κ1) is 36.2. The standard InChI is InChI=1S/C30H14F16O2/c1-11-3-5-12(6-4-11)27(39,40)29(43,44)30(45,46)28(41,42)13-7-9-14(10-8-13)48-26-23(37)19(33)16(20(34)24(26)38)15-17(31)21(35)25(47-2)22(36)18(15)32/h3-10H,1-2H3. The fourth-order valence-electron chi connectivity index (χ4n) is 4.30. The van der Waals surface area contributed by atoms with Crippen LogP contribution >= 0.6 is 0 Å². The van der Waals surface area contributed by atoms with Gasteiger partial charge in [0.25, 0.3) is 0 Å². The number of aryl methyl sites for hydroxylation is 1. The molecule has 0 aromatic heterocycles. The summed E-state index contributed by atoms with van der Waals surface area (Å²) in [4.78, 5) is 0. The van der Waals surface area contributed by atoms with Crippen LogP contribution in [0, 0.1) is 53.5 Å². The Kier molecular flexibility index (Phi) is 9.13. The van der Waals surface area contributed by atoms with Gasteiger partial charge in [-0.1, -0.05) is 29.8 Å². The Morgan fingerprint density at radius 1 is 0.438 bits per heavy atom. The molecule has 48 heavy (non-hydrogen) atoms. The number of rotatable bonds is 9. The lowest BCUT2D eigenvalue weighted by Gasteiger charge is -2.37. The molecule has 0 radical (unpaired) electrons. The van der Waals surface area contributed by atoms with E-state index in [1.54, 1.807) is 0 Å². The van der Waals surface area contributed by atoms with Crippen LogP contribution in [0.25, 0.3) is 11.1 Å². The Morgan fingerprint density at radius 2 is 0.750 bits per heavy atom. The summed E-state index contributed by atoms with van der Waals surface area (Å²) in [6, 6.07) is 2.25. The van der Waals surface area contributed by atoms with Crippen molar-refractivity contribution in [3.05, 3.63) is 112 Å². The largest absolute Gasteiger partial charge is 0.491 e. The number of ether oxygens (including phenoxy) is 2. The quantitative estimate of drug-likeness (QED) is 0.127. The first-order valence-electron chi connectivity index (χ1n) is 12.7. The topological polar surface area (TPSA) is 18.5 Å². The molecule has 258 valence electrons. The van der Waals surface area contributed by atoms with Crippen LogP contribution in [0.5, 0.6) is 17.2 Å². The molecule has 0 aliphatic carbocycles. The zero-order valence-corrected chi connectivity index (χ0v) is 23.5. The van der Waals surface area contributed by atoms with E-state index in [-0.39, 0.29) is 29.8 Å². The molecule has 0 N–H and O–H groups in total. The summed E-state index contributed by atoms with van der Waals surface area (Å²) in [5.74, 6) is -50.9. The van der Waals surface area contributed by atoms with Crippen molar-refractivity contribution in [3.63, 3.8) is 0 Å². The minimum absolute atomic E-state index is 0.117. The van der Waals surface area contributed by atoms with Gasteiger partial charge in [0.05, 0.1) is 18.2 Å². The molecule has 0 heterocycles. The third kappa shape index (κ3) is 5.34. The molecule has 4 aromatic rings. The van der Waals surface area contributed by atoms with Crippen molar-refractivity contribution in [2.45, 2.75) is 30.6 Å². The molecule has 0 unspecified atom stereocenters. The van der Waals surface area contributed by atoms with Crippen LogP contribution in [-0.4, -0.2) is 19.0 Å². The molecule has 0 bridgehead atoms. The molecule has 4 rings (SSSR count). The van der Waals surface area contributed by atoms with E-state index in [4.69, 9.17) is 0 Å². The van der Waals surface area contributed by atoms with Gasteiger partial charge in [-0.25, -0.2) is 17.6 Å². The second-order valence-electron chi connectivity index (χ2n) is 9.91. The summed E-state index contributed by atoms with van der Waals surface area (Å²) in [5.41, 5.74) is -8.12. The fraction of sp³-hybridized carbons (Fsp3) is 0.200. The maximum Gasteiger partial charge on any atom is 0.382 e. The van der Waals surface area contributed by atoms with E-state index in [1.807, 2.05) is 0 Å². The molecular formula is C30H14F16O2. The highest BCUT2D eigenvalue weighted by molar-refractivity contribution is 5.69. The van der Waals surface area contributed by atoms with E-state index in [0.29, 0.717) is 19.2 Å². The predicted octanol–water partition coefficient (Wildman–Crippen LogP) is 10.7. The lowest BCUT2D eigenvalue weighted by atomic mass is 9.90. The Balaban J connectivity index is 1.71. The van der Waals surface area contributed by atoms with Gasteiger partial charge < -0.3 is 9.47 Å². The Bertz CT molecular complexity index is 1810. The molecule has 0 spiro atoms. The van der Waals surface area contributed by atoms with Gasteiger partial charge >= 0.3 is 23.7 Å². The van der Waals surface area contributed by atoms with Crippen LogP contribution in [-0.2, 0) is 11.8 Å². The van der Waals surface area contributed by atoms with Crippen LogP contribution in [0.2, 0.25) is 0 Å². The minimum atomic E-state index is -6.80. The highest BCUT2D eigenvalue weighted by atomic mass is 19.4. The van der Waals surface area contributed by atoms with Gasteiger partial charge in [0, 0.05) is 11.1 Å². The highest BCUT2D eigenvalue weighted by Gasteiger charge is 2.81. The summed E-state index contributed by atoms with van der Waals surface area (Å²) in [7, 11) is 0.548. The maximum atomic E-state index is 14.8. The summed E-state index contributed by atoms with van der Waals surface area (Å²) in [6.07, 6.45) is 0. The van der Waals surface area contributed by atoms with E-state index in [9.17, 15) is 70.2 Å². The van der Waals surface area contributed by atoms with Crippen molar-refractivity contribution in [3.8, 4) is 28.4 Å². The molecule has 2 nitrogen and oxygen atoms in total. The van der Waals surface area contributed by atoms with E-state index in [0.717, 1.165) is 12.1 Å². The van der Waals surface area contributed by atoms with Crippen molar-refractivity contribution >= 4 is 0 Å². The van der Waals surface area contributed by atoms with E-state index >= 15 is 0 Å². The van der Waals surface area contributed by atoms with Gasteiger partial charge in [0.1, 0.15) is 5.75 Å². The SMILES string of the molecule is COc1c(F)c(F)c(-c2c(F)c(F)c(Oc3ccc(C(F)(F)C(F)(F)C(F)(F)C(F)(F)c4ccc(C)cc4)cc3)c(F)c2F)c(F)c1F. The van der Waals surface area contributed by atoms with Gasteiger partial charge in [-0.05, 0) is 31.2 Å². The first-order valence-corrected chi connectivity index (χ1v) is 12.7. The molecule has 0 saturated heterocycles. The van der Waals surface area contributed by atoms with Crippen LogP contribution in [0.3, 0.4) is 0 Å². The molecule has 0 aliphatic heterocycles. The third-order valence-corrected chi connectivity index (χ3v) is 6.93. The van der Waals surface area contributed by atoms with Crippen molar-refractivity contribution in [1.29, 1.82) is 0 Å². The van der Waals surface area contributed by atoms with E-state index < -0.39 is 110 Å². The van der Waals surface area contributed by atoms with Gasteiger partial charge in [-0.15, -0.1) is 0 Å². The monoisotopic (exact) mass is 710 g/mol. The summed E-state index contributed by atoms with van der Waals surface area (Å²) >= 11 is 0. The molecule has 0 aliphatic rings. The number of benzene rings is 4. The van der Waals surface area contributed by atoms with Gasteiger partial charge in [0.15, 0.2) is 29.0 Å². The van der Waals surface area contributed by atoms with Crippen molar-refractivity contribution in [2.75, 3.05) is 7.11 Å². The fourth-order valence-corrected chi connectivity index (χ4v) is 4.30. The Morgan fingerprint density at radius 3 is 1.08 bits per heavy atom. The highest BCUT2D eigenvalue weighted by Crippen LogP contribution is 2.59. The smallest absolute Gasteiger partial charge is 0.382 e. The zero-order valence-electron chi connectivity index (χ0n) is 23.5. The average Bonchev–Trinajstić information content (AvgIpc) is 3.03. The molecule has 0 fully saturated rings. The molecule has 0 amide bonds. The number of methoxy groups -OCH3 is 1. The number of alkyl halides is 8. The number of hydrogen-bond donors (Lipinski definition) is 0. The molecule has 0 atom stereocenters. The Labute approximate surface area is 258 Å². The molecule has 0 saturated carbocycles. The molecular weight excluding hydrogens is 696 g/mol. The number of halogens is 16. The molecule has 4 aromatic carbocycles. The summed E-state index contributed by atoms with van der Waals surface area (Å²) < 4.78 is 242. The van der Waals surface area contributed by atoms with Crippen LogP contribution in [0.1, 0.15) is 16.7 Å². The van der Waals surface area contributed by atoms with Gasteiger partial charge in [0.2, 0.25) is 29.0 Å². The van der Waals surface area contributed by atoms with Gasteiger partial charge in [-0.2, -0.15) is 52.7 Å². The predicted molar refractivity (Wildman–Crippen MR) is 133 cm³/mol. The average molecular weight is 710 g/mol. The normalized spacial score (nSPS) is 12.8. The van der Waals surface area contributed by atoms with Crippen LogP contribution in [0.15, 0.2) is 48.5 Å². The van der Waals surface area contributed by atoms with E-state index in [2.05, 4.69) is 9.47 Å². The first-order chi connectivity index (χ1) is 22.1. The Hall–Kier alpha value is -4.64. The zero-order chi connectivity index (χ0) is 36.3. The van der Waals surface area contributed by atoms with Crippen molar-refractivity contribution < 1.29 is 79.7 Å². The lowest BCUT2D eigenvalue weighted by Crippen LogP contribution is -2.59. The summed E-state index contributed by atoms with van der Waals surface area (Å²) in [5, 5.41) is 0. The van der Waals surface area contributed by atoms with Crippen molar-refractivity contribution in [2.24, 2.45) is 0 Å². The second kappa shape index (κ2) is 12.1. The van der Waals surface area contributed by atoms with Crippen molar-refractivity contribution in [1.82, 2.24) is 0 Å². The minimum Gasteiger partial charge on any atom is -0.491 e. The number of hydrogen-bond acceptors (Lipinski definition) is 2. The van der Waals surface area contributed by atoms with Crippen LogP contribution in [0.4, 0.5) is 70.2 Å².